The molecular weight excluding hydrogens is 194 g/mol. The molecule has 1 fully saturated rings. The van der Waals surface area contributed by atoms with Gasteiger partial charge in [-0.1, -0.05) is 0 Å². The summed E-state index contributed by atoms with van der Waals surface area (Å²) in [5.41, 5.74) is 1.39. The standard InChI is InChI=1S/C11H17NOS/c13-5-3-11(12-10-1-2-10)7-9-4-6-14-8-9/h4,6,8,10-13H,1-3,5,7H2/t11-/m0/s1. The molecule has 0 saturated heterocycles. The van der Waals surface area contributed by atoms with Crippen LogP contribution in [0.1, 0.15) is 24.8 Å². The number of rotatable bonds is 6. The van der Waals surface area contributed by atoms with Crippen LogP contribution in [0.2, 0.25) is 0 Å². The van der Waals surface area contributed by atoms with Crippen molar-refractivity contribution in [1.82, 2.24) is 5.32 Å². The largest absolute Gasteiger partial charge is 0.396 e. The van der Waals surface area contributed by atoms with Crippen LogP contribution in [0.4, 0.5) is 0 Å². The molecule has 2 nitrogen and oxygen atoms in total. The average Bonchev–Trinajstić information content (AvgIpc) is 2.81. The van der Waals surface area contributed by atoms with Gasteiger partial charge in [-0.15, -0.1) is 0 Å². The second-order valence-corrected chi connectivity index (χ2v) is 4.77. The molecule has 0 aromatic carbocycles. The van der Waals surface area contributed by atoms with E-state index in [1.165, 1.54) is 18.4 Å². The van der Waals surface area contributed by atoms with E-state index in [1.54, 1.807) is 11.3 Å². The molecule has 0 amide bonds. The van der Waals surface area contributed by atoms with E-state index in [-0.39, 0.29) is 6.61 Å². The summed E-state index contributed by atoms with van der Waals surface area (Å²) in [7, 11) is 0. The summed E-state index contributed by atoms with van der Waals surface area (Å²) in [6.07, 6.45) is 4.55. The van der Waals surface area contributed by atoms with E-state index in [2.05, 4.69) is 22.1 Å². The maximum Gasteiger partial charge on any atom is 0.0445 e. The first-order chi connectivity index (χ1) is 6.88. The predicted molar refractivity (Wildman–Crippen MR) is 59.7 cm³/mol. The van der Waals surface area contributed by atoms with Gasteiger partial charge in [0, 0.05) is 18.7 Å². The van der Waals surface area contributed by atoms with Gasteiger partial charge in [-0.2, -0.15) is 11.3 Å². The van der Waals surface area contributed by atoms with E-state index < -0.39 is 0 Å². The quantitative estimate of drug-likeness (QED) is 0.752. The second-order valence-electron chi connectivity index (χ2n) is 3.99. The summed E-state index contributed by atoms with van der Waals surface area (Å²) >= 11 is 1.74. The van der Waals surface area contributed by atoms with E-state index in [0.29, 0.717) is 6.04 Å². The van der Waals surface area contributed by atoms with Crippen molar-refractivity contribution in [1.29, 1.82) is 0 Å². The molecule has 3 heteroatoms. The molecule has 1 aliphatic carbocycles. The fourth-order valence-corrected chi connectivity index (χ4v) is 2.36. The zero-order chi connectivity index (χ0) is 9.80. The van der Waals surface area contributed by atoms with Gasteiger partial charge in [0.2, 0.25) is 0 Å². The van der Waals surface area contributed by atoms with Gasteiger partial charge in [0.05, 0.1) is 0 Å². The highest BCUT2D eigenvalue weighted by atomic mass is 32.1. The lowest BCUT2D eigenvalue weighted by Gasteiger charge is -2.16. The number of hydrogen-bond donors (Lipinski definition) is 2. The van der Waals surface area contributed by atoms with Gasteiger partial charge in [-0.05, 0) is 48.1 Å². The molecular formula is C11H17NOS. The monoisotopic (exact) mass is 211 g/mol. The van der Waals surface area contributed by atoms with Crippen LogP contribution in [0.15, 0.2) is 16.8 Å². The highest BCUT2D eigenvalue weighted by Crippen LogP contribution is 2.21. The van der Waals surface area contributed by atoms with Crippen molar-refractivity contribution in [3.05, 3.63) is 22.4 Å². The Labute approximate surface area is 89.0 Å². The van der Waals surface area contributed by atoms with Crippen molar-refractivity contribution >= 4 is 11.3 Å². The number of thiophene rings is 1. The molecule has 2 N–H and O–H groups in total. The van der Waals surface area contributed by atoms with E-state index in [4.69, 9.17) is 5.11 Å². The molecule has 2 rings (SSSR count). The van der Waals surface area contributed by atoms with Crippen LogP contribution in [0.5, 0.6) is 0 Å². The Kier molecular flexibility index (Phi) is 3.56. The summed E-state index contributed by atoms with van der Waals surface area (Å²) < 4.78 is 0. The van der Waals surface area contributed by atoms with Crippen molar-refractivity contribution in [3.63, 3.8) is 0 Å². The molecule has 0 spiro atoms. The minimum atomic E-state index is 0.286. The van der Waals surface area contributed by atoms with Crippen LogP contribution in [-0.2, 0) is 6.42 Å². The Balaban J connectivity index is 1.82. The van der Waals surface area contributed by atoms with Gasteiger partial charge < -0.3 is 10.4 Å². The van der Waals surface area contributed by atoms with Gasteiger partial charge in [-0.3, -0.25) is 0 Å². The second kappa shape index (κ2) is 4.91. The zero-order valence-electron chi connectivity index (χ0n) is 8.28. The summed E-state index contributed by atoms with van der Waals surface area (Å²) in [6, 6.07) is 3.36. The maximum absolute atomic E-state index is 8.96. The van der Waals surface area contributed by atoms with E-state index in [1.807, 2.05) is 0 Å². The third-order valence-corrected chi connectivity index (χ3v) is 3.32. The highest BCUT2D eigenvalue weighted by molar-refractivity contribution is 7.07. The fraction of sp³-hybridized carbons (Fsp3) is 0.636. The lowest BCUT2D eigenvalue weighted by Crippen LogP contribution is -2.33. The Morgan fingerprint density at radius 2 is 2.43 bits per heavy atom. The zero-order valence-corrected chi connectivity index (χ0v) is 9.09. The molecule has 1 aromatic rings. The highest BCUT2D eigenvalue weighted by Gasteiger charge is 2.24. The number of aliphatic hydroxyl groups excluding tert-OH is 1. The van der Waals surface area contributed by atoms with Gasteiger partial charge >= 0.3 is 0 Å². The molecule has 14 heavy (non-hydrogen) atoms. The third kappa shape index (κ3) is 3.08. The van der Waals surface area contributed by atoms with E-state index >= 15 is 0 Å². The number of hydrogen-bond acceptors (Lipinski definition) is 3. The summed E-state index contributed by atoms with van der Waals surface area (Å²) in [5.74, 6) is 0. The first-order valence-electron chi connectivity index (χ1n) is 5.26. The molecule has 0 unspecified atom stereocenters. The van der Waals surface area contributed by atoms with Gasteiger partial charge in [0.25, 0.3) is 0 Å². The topological polar surface area (TPSA) is 32.3 Å². The van der Waals surface area contributed by atoms with E-state index in [9.17, 15) is 0 Å². The van der Waals surface area contributed by atoms with Crippen molar-refractivity contribution in [2.45, 2.75) is 37.8 Å². The van der Waals surface area contributed by atoms with Crippen LogP contribution < -0.4 is 5.32 Å². The van der Waals surface area contributed by atoms with Crippen LogP contribution in [0.25, 0.3) is 0 Å². The van der Waals surface area contributed by atoms with Crippen molar-refractivity contribution in [3.8, 4) is 0 Å². The van der Waals surface area contributed by atoms with Gasteiger partial charge in [0.1, 0.15) is 0 Å². The normalized spacial score (nSPS) is 18.4. The average molecular weight is 211 g/mol. The smallest absolute Gasteiger partial charge is 0.0445 e. The Hall–Kier alpha value is -0.380. The Morgan fingerprint density at radius 1 is 1.57 bits per heavy atom. The maximum atomic E-state index is 8.96. The van der Waals surface area contributed by atoms with Crippen LogP contribution in [-0.4, -0.2) is 23.8 Å². The number of nitrogens with one attached hydrogen (secondary N) is 1. The molecule has 0 aliphatic heterocycles. The minimum absolute atomic E-state index is 0.286. The molecule has 0 radical (unpaired) electrons. The van der Waals surface area contributed by atoms with Gasteiger partial charge in [-0.25, -0.2) is 0 Å². The third-order valence-electron chi connectivity index (χ3n) is 2.59. The van der Waals surface area contributed by atoms with Crippen LogP contribution in [0.3, 0.4) is 0 Å². The summed E-state index contributed by atoms with van der Waals surface area (Å²) in [6.45, 7) is 0.286. The van der Waals surface area contributed by atoms with Crippen molar-refractivity contribution in [2.75, 3.05) is 6.61 Å². The Morgan fingerprint density at radius 3 is 3.00 bits per heavy atom. The van der Waals surface area contributed by atoms with Crippen LogP contribution in [0, 0.1) is 0 Å². The SMILES string of the molecule is OCC[C@@H](Cc1ccsc1)NC1CC1. The molecule has 1 aromatic heterocycles. The van der Waals surface area contributed by atoms with Crippen LogP contribution >= 0.6 is 11.3 Å². The molecule has 1 saturated carbocycles. The Bertz CT molecular complexity index is 256. The summed E-state index contributed by atoms with van der Waals surface area (Å²) in [5, 5.41) is 16.8. The van der Waals surface area contributed by atoms with Crippen molar-refractivity contribution < 1.29 is 5.11 Å². The number of aliphatic hydroxyl groups is 1. The van der Waals surface area contributed by atoms with Crippen molar-refractivity contribution in [2.24, 2.45) is 0 Å². The summed E-state index contributed by atoms with van der Waals surface area (Å²) in [4.78, 5) is 0. The molecule has 78 valence electrons. The first kappa shape index (κ1) is 10.1. The van der Waals surface area contributed by atoms with E-state index in [0.717, 1.165) is 18.9 Å². The van der Waals surface area contributed by atoms with Gasteiger partial charge in [0.15, 0.2) is 0 Å². The molecule has 0 bridgehead atoms. The fourth-order valence-electron chi connectivity index (χ4n) is 1.68. The molecule has 1 atom stereocenters. The minimum Gasteiger partial charge on any atom is -0.396 e. The molecule has 1 heterocycles. The lowest BCUT2D eigenvalue weighted by molar-refractivity contribution is 0.263. The predicted octanol–water partition coefficient (Wildman–Crippen LogP) is 1.79. The molecule has 1 aliphatic rings. The first-order valence-corrected chi connectivity index (χ1v) is 6.21. The lowest BCUT2D eigenvalue weighted by atomic mass is 10.1.